The molecule has 0 aliphatic carbocycles. The highest BCUT2D eigenvalue weighted by atomic mass is 16.5. The molecule has 1 aromatic heterocycles. The lowest BCUT2D eigenvalue weighted by Crippen LogP contribution is -2.36. The summed E-state index contributed by atoms with van der Waals surface area (Å²) in [6.45, 7) is 3.61. The Morgan fingerprint density at radius 3 is 2.83 bits per heavy atom. The van der Waals surface area contributed by atoms with Crippen molar-refractivity contribution in [2.75, 3.05) is 33.9 Å². The van der Waals surface area contributed by atoms with Gasteiger partial charge in [-0.2, -0.15) is 4.98 Å². The van der Waals surface area contributed by atoms with Crippen LogP contribution in [0.15, 0.2) is 28.8 Å². The van der Waals surface area contributed by atoms with Gasteiger partial charge in [-0.1, -0.05) is 5.16 Å². The summed E-state index contributed by atoms with van der Waals surface area (Å²) < 4.78 is 15.8. The van der Waals surface area contributed by atoms with Crippen molar-refractivity contribution in [3.8, 4) is 17.1 Å². The van der Waals surface area contributed by atoms with Crippen molar-refractivity contribution in [3.05, 3.63) is 30.2 Å². The third-order valence-corrected chi connectivity index (χ3v) is 4.18. The SMILES string of the molecule is COCC1CCCN(Cc2nc(-c3ccc(OC)cc3)no2)C1. The fraction of sp³-hybridized carbons (Fsp3) is 0.529. The average molecular weight is 317 g/mol. The Morgan fingerprint density at radius 1 is 1.26 bits per heavy atom. The van der Waals surface area contributed by atoms with E-state index in [1.807, 2.05) is 24.3 Å². The smallest absolute Gasteiger partial charge is 0.241 e. The maximum absolute atomic E-state index is 5.41. The van der Waals surface area contributed by atoms with Crippen molar-refractivity contribution in [1.82, 2.24) is 15.0 Å². The predicted octanol–water partition coefficient (Wildman–Crippen LogP) is 2.60. The molecule has 0 amide bonds. The molecule has 124 valence electrons. The second kappa shape index (κ2) is 7.57. The molecule has 1 aromatic carbocycles. The van der Waals surface area contributed by atoms with Gasteiger partial charge in [0.1, 0.15) is 5.75 Å². The van der Waals surface area contributed by atoms with Crippen LogP contribution in [0.5, 0.6) is 5.75 Å². The van der Waals surface area contributed by atoms with E-state index in [1.165, 1.54) is 12.8 Å². The molecule has 0 radical (unpaired) electrons. The number of aromatic nitrogens is 2. The van der Waals surface area contributed by atoms with Gasteiger partial charge >= 0.3 is 0 Å². The van der Waals surface area contributed by atoms with Gasteiger partial charge in [0.25, 0.3) is 0 Å². The average Bonchev–Trinajstić information content (AvgIpc) is 3.04. The zero-order valence-electron chi connectivity index (χ0n) is 13.7. The summed E-state index contributed by atoms with van der Waals surface area (Å²) in [7, 11) is 3.41. The van der Waals surface area contributed by atoms with Crippen molar-refractivity contribution in [3.63, 3.8) is 0 Å². The van der Waals surface area contributed by atoms with Crippen LogP contribution in [-0.2, 0) is 11.3 Å². The molecule has 23 heavy (non-hydrogen) atoms. The number of likely N-dealkylation sites (tertiary alicyclic amines) is 1. The number of benzene rings is 1. The Labute approximate surface area is 136 Å². The third-order valence-electron chi connectivity index (χ3n) is 4.18. The van der Waals surface area contributed by atoms with Crippen LogP contribution in [0.4, 0.5) is 0 Å². The monoisotopic (exact) mass is 317 g/mol. The van der Waals surface area contributed by atoms with E-state index in [2.05, 4.69) is 15.0 Å². The molecule has 1 fully saturated rings. The van der Waals surface area contributed by atoms with E-state index in [9.17, 15) is 0 Å². The minimum atomic E-state index is 0.595. The predicted molar refractivity (Wildman–Crippen MR) is 86.2 cm³/mol. The normalized spacial score (nSPS) is 19.0. The zero-order valence-corrected chi connectivity index (χ0v) is 13.7. The first-order chi connectivity index (χ1) is 11.3. The Balaban J connectivity index is 1.62. The Kier molecular flexibility index (Phi) is 5.25. The first-order valence-corrected chi connectivity index (χ1v) is 7.97. The minimum absolute atomic E-state index is 0.595. The summed E-state index contributed by atoms with van der Waals surface area (Å²) >= 11 is 0. The molecule has 3 rings (SSSR count). The van der Waals surface area contributed by atoms with E-state index in [0.29, 0.717) is 24.2 Å². The quantitative estimate of drug-likeness (QED) is 0.816. The number of hydrogen-bond donors (Lipinski definition) is 0. The molecular weight excluding hydrogens is 294 g/mol. The van der Waals surface area contributed by atoms with Crippen LogP contribution in [0.2, 0.25) is 0 Å². The van der Waals surface area contributed by atoms with Crippen LogP contribution in [0.1, 0.15) is 18.7 Å². The molecule has 2 heterocycles. The molecule has 1 atom stereocenters. The summed E-state index contributed by atoms with van der Waals surface area (Å²) in [5.41, 5.74) is 0.928. The van der Waals surface area contributed by atoms with E-state index in [1.54, 1.807) is 14.2 Å². The number of nitrogens with zero attached hydrogens (tertiary/aromatic N) is 3. The summed E-state index contributed by atoms with van der Waals surface area (Å²) in [4.78, 5) is 6.87. The zero-order chi connectivity index (χ0) is 16.1. The van der Waals surface area contributed by atoms with Gasteiger partial charge in [0.2, 0.25) is 11.7 Å². The topological polar surface area (TPSA) is 60.6 Å². The third kappa shape index (κ3) is 4.09. The Morgan fingerprint density at radius 2 is 2.09 bits per heavy atom. The molecule has 2 aromatic rings. The number of ether oxygens (including phenoxy) is 2. The van der Waals surface area contributed by atoms with Gasteiger partial charge in [-0.25, -0.2) is 0 Å². The first-order valence-electron chi connectivity index (χ1n) is 7.97. The first kappa shape index (κ1) is 16.0. The van der Waals surface area contributed by atoms with Gasteiger partial charge in [0, 0.05) is 19.2 Å². The lowest BCUT2D eigenvalue weighted by molar-refractivity contribution is 0.0820. The van der Waals surface area contributed by atoms with Gasteiger partial charge in [-0.15, -0.1) is 0 Å². The van der Waals surface area contributed by atoms with Crippen molar-refractivity contribution in [1.29, 1.82) is 0 Å². The highest BCUT2D eigenvalue weighted by Crippen LogP contribution is 2.22. The number of methoxy groups -OCH3 is 2. The van der Waals surface area contributed by atoms with Gasteiger partial charge < -0.3 is 14.0 Å². The van der Waals surface area contributed by atoms with Gasteiger partial charge in [0.15, 0.2) is 0 Å². The fourth-order valence-corrected chi connectivity index (χ4v) is 3.03. The minimum Gasteiger partial charge on any atom is -0.497 e. The highest BCUT2D eigenvalue weighted by Gasteiger charge is 2.21. The highest BCUT2D eigenvalue weighted by molar-refractivity contribution is 5.55. The van der Waals surface area contributed by atoms with Crippen LogP contribution >= 0.6 is 0 Å². The maximum Gasteiger partial charge on any atom is 0.241 e. The second-order valence-electron chi connectivity index (χ2n) is 5.94. The molecule has 1 saturated heterocycles. The molecular formula is C17H23N3O3. The van der Waals surface area contributed by atoms with Crippen molar-refractivity contribution < 1.29 is 14.0 Å². The summed E-state index contributed by atoms with van der Waals surface area (Å²) in [6, 6.07) is 7.66. The number of piperidine rings is 1. The lowest BCUT2D eigenvalue weighted by atomic mass is 9.99. The lowest BCUT2D eigenvalue weighted by Gasteiger charge is -2.31. The number of rotatable bonds is 6. The van der Waals surface area contributed by atoms with Gasteiger partial charge in [-0.3, -0.25) is 4.90 Å². The Hall–Kier alpha value is -1.92. The van der Waals surface area contributed by atoms with E-state index < -0.39 is 0 Å². The molecule has 1 aliphatic rings. The van der Waals surface area contributed by atoms with Crippen LogP contribution < -0.4 is 4.74 Å². The number of hydrogen-bond acceptors (Lipinski definition) is 6. The summed E-state index contributed by atoms with van der Waals surface area (Å²) in [6.07, 6.45) is 2.42. The van der Waals surface area contributed by atoms with Crippen molar-refractivity contribution in [2.45, 2.75) is 19.4 Å². The van der Waals surface area contributed by atoms with E-state index >= 15 is 0 Å². The maximum atomic E-state index is 5.41. The Bertz CT molecular complexity index is 610. The van der Waals surface area contributed by atoms with Crippen LogP contribution in [-0.4, -0.2) is 49.0 Å². The van der Waals surface area contributed by atoms with Crippen LogP contribution in [0, 0.1) is 5.92 Å². The second-order valence-corrected chi connectivity index (χ2v) is 5.94. The van der Waals surface area contributed by atoms with E-state index in [0.717, 1.165) is 31.0 Å². The standard InChI is InChI=1S/C17H23N3O3/c1-21-12-13-4-3-9-20(10-13)11-16-18-17(19-23-16)14-5-7-15(22-2)8-6-14/h5-8,13H,3-4,9-12H2,1-2H3. The van der Waals surface area contributed by atoms with Crippen molar-refractivity contribution in [2.24, 2.45) is 5.92 Å². The molecule has 1 unspecified atom stereocenters. The molecule has 6 heteroatoms. The van der Waals surface area contributed by atoms with Crippen LogP contribution in [0.3, 0.4) is 0 Å². The van der Waals surface area contributed by atoms with Gasteiger partial charge in [-0.05, 0) is 49.6 Å². The van der Waals surface area contributed by atoms with Crippen molar-refractivity contribution >= 4 is 0 Å². The molecule has 0 spiro atoms. The molecule has 0 N–H and O–H groups in total. The molecule has 1 aliphatic heterocycles. The van der Waals surface area contributed by atoms with E-state index in [4.69, 9.17) is 14.0 Å². The summed E-state index contributed by atoms with van der Waals surface area (Å²) in [5, 5.41) is 4.08. The summed E-state index contributed by atoms with van der Waals surface area (Å²) in [5.74, 6) is 2.69. The molecule has 6 nitrogen and oxygen atoms in total. The largest absolute Gasteiger partial charge is 0.497 e. The van der Waals surface area contributed by atoms with Gasteiger partial charge in [0.05, 0.1) is 20.3 Å². The van der Waals surface area contributed by atoms with E-state index in [-0.39, 0.29) is 0 Å². The fourth-order valence-electron chi connectivity index (χ4n) is 3.03. The molecule has 0 bridgehead atoms. The molecule has 0 saturated carbocycles. The van der Waals surface area contributed by atoms with Crippen LogP contribution in [0.25, 0.3) is 11.4 Å².